The van der Waals surface area contributed by atoms with Gasteiger partial charge in [0.2, 0.25) is 5.13 Å². The summed E-state index contributed by atoms with van der Waals surface area (Å²) in [6.07, 6.45) is 1.96. The molecule has 0 aliphatic heterocycles. The van der Waals surface area contributed by atoms with Gasteiger partial charge in [0, 0.05) is 0 Å². The fourth-order valence-electron chi connectivity index (χ4n) is 2.23. The maximum absolute atomic E-state index is 11.8. The molecule has 1 aliphatic rings. The summed E-state index contributed by atoms with van der Waals surface area (Å²) in [6, 6.07) is 8.07. The van der Waals surface area contributed by atoms with Crippen molar-refractivity contribution in [3.8, 4) is 0 Å². The van der Waals surface area contributed by atoms with E-state index >= 15 is 0 Å². The number of aromatic nitrogens is 2. The monoisotopic (exact) mass is 260 g/mol. The Kier molecular flexibility index (Phi) is 2.93. The average Bonchev–Trinajstić information content (AvgIpc) is 3.00. The van der Waals surface area contributed by atoms with E-state index in [1.54, 1.807) is 5.51 Å². The molecule has 2 N–H and O–H groups in total. The number of fused-ring (bicyclic) bond motifs is 1. The number of hydrogen-bond acceptors (Lipinski definition) is 4. The molecule has 0 saturated heterocycles. The molecule has 6 heteroatoms. The molecular formula is C12H12N4OS. The van der Waals surface area contributed by atoms with Crippen LogP contribution in [-0.2, 0) is 6.42 Å². The summed E-state index contributed by atoms with van der Waals surface area (Å²) < 4.78 is 0. The summed E-state index contributed by atoms with van der Waals surface area (Å²) in [7, 11) is 0. The van der Waals surface area contributed by atoms with Crippen LogP contribution >= 0.6 is 11.3 Å². The van der Waals surface area contributed by atoms with Crippen LogP contribution < -0.4 is 10.6 Å². The Bertz CT molecular complexity index is 555. The van der Waals surface area contributed by atoms with Gasteiger partial charge in [-0.1, -0.05) is 35.6 Å². The van der Waals surface area contributed by atoms with Gasteiger partial charge >= 0.3 is 6.03 Å². The molecule has 5 nitrogen and oxygen atoms in total. The molecule has 0 bridgehead atoms. The van der Waals surface area contributed by atoms with Crippen molar-refractivity contribution < 1.29 is 4.79 Å². The number of nitrogens with one attached hydrogen (secondary N) is 2. The topological polar surface area (TPSA) is 66.9 Å². The third-order valence-corrected chi connectivity index (χ3v) is 3.63. The SMILES string of the molecule is O=C(Nc1nncs1)N[C@H]1CCc2ccccc21. The highest BCUT2D eigenvalue weighted by Crippen LogP contribution is 2.30. The molecular weight excluding hydrogens is 248 g/mol. The fourth-order valence-corrected chi connectivity index (χ4v) is 2.67. The summed E-state index contributed by atoms with van der Waals surface area (Å²) in [5.74, 6) is 0. The molecule has 1 aromatic carbocycles. The minimum absolute atomic E-state index is 0.0918. The Morgan fingerprint density at radius 3 is 3.11 bits per heavy atom. The summed E-state index contributed by atoms with van der Waals surface area (Å²) >= 11 is 1.30. The second-order valence-corrected chi connectivity index (χ2v) is 4.97. The van der Waals surface area contributed by atoms with E-state index in [0.29, 0.717) is 5.13 Å². The van der Waals surface area contributed by atoms with Gasteiger partial charge in [-0.3, -0.25) is 5.32 Å². The molecule has 2 amide bonds. The van der Waals surface area contributed by atoms with E-state index in [2.05, 4.69) is 33.0 Å². The first-order valence-corrected chi connectivity index (χ1v) is 6.62. The summed E-state index contributed by atoms with van der Waals surface area (Å²) in [5, 5.41) is 13.6. The average molecular weight is 260 g/mol. The second-order valence-electron chi connectivity index (χ2n) is 4.13. The van der Waals surface area contributed by atoms with Gasteiger partial charge in [-0.15, -0.1) is 10.2 Å². The molecule has 0 spiro atoms. The third kappa shape index (κ3) is 2.19. The zero-order valence-electron chi connectivity index (χ0n) is 9.59. The van der Waals surface area contributed by atoms with Crippen LogP contribution in [0.2, 0.25) is 0 Å². The molecule has 1 aromatic heterocycles. The normalized spacial score (nSPS) is 17.2. The van der Waals surface area contributed by atoms with Crippen LogP contribution in [0.15, 0.2) is 29.8 Å². The Morgan fingerprint density at radius 1 is 1.39 bits per heavy atom. The first-order chi connectivity index (χ1) is 8.83. The number of carbonyl (C=O) groups excluding carboxylic acids is 1. The molecule has 1 atom stereocenters. The number of nitrogens with zero attached hydrogens (tertiary/aromatic N) is 2. The molecule has 2 aromatic rings. The highest BCUT2D eigenvalue weighted by atomic mass is 32.1. The molecule has 3 rings (SSSR count). The lowest BCUT2D eigenvalue weighted by Crippen LogP contribution is -2.31. The van der Waals surface area contributed by atoms with Crippen molar-refractivity contribution in [2.24, 2.45) is 0 Å². The predicted molar refractivity (Wildman–Crippen MR) is 69.6 cm³/mol. The molecule has 18 heavy (non-hydrogen) atoms. The van der Waals surface area contributed by atoms with E-state index in [1.807, 2.05) is 12.1 Å². The van der Waals surface area contributed by atoms with Crippen molar-refractivity contribution >= 4 is 22.5 Å². The minimum atomic E-state index is -0.228. The van der Waals surface area contributed by atoms with Gasteiger partial charge in [-0.05, 0) is 24.0 Å². The van der Waals surface area contributed by atoms with Crippen LogP contribution in [0.1, 0.15) is 23.6 Å². The second kappa shape index (κ2) is 4.73. The quantitative estimate of drug-likeness (QED) is 0.871. The standard InChI is InChI=1S/C12H12N4OS/c17-11(15-12-16-13-7-18-12)14-10-6-5-8-3-1-2-4-9(8)10/h1-4,7,10H,5-6H2,(H2,14,15,16,17)/t10-/m0/s1. The zero-order valence-corrected chi connectivity index (χ0v) is 10.4. The first-order valence-electron chi connectivity index (χ1n) is 5.74. The molecule has 92 valence electrons. The smallest absolute Gasteiger partial charge is 0.321 e. The van der Waals surface area contributed by atoms with Crippen LogP contribution in [0.5, 0.6) is 0 Å². The van der Waals surface area contributed by atoms with E-state index in [-0.39, 0.29) is 12.1 Å². The molecule has 0 saturated carbocycles. The maximum atomic E-state index is 11.8. The summed E-state index contributed by atoms with van der Waals surface area (Å²) in [6.45, 7) is 0. The van der Waals surface area contributed by atoms with Crippen molar-refractivity contribution in [2.75, 3.05) is 5.32 Å². The van der Waals surface area contributed by atoms with Gasteiger partial charge in [-0.2, -0.15) is 0 Å². The predicted octanol–water partition coefficient (Wildman–Crippen LogP) is 2.35. The zero-order chi connectivity index (χ0) is 12.4. The van der Waals surface area contributed by atoms with Crippen molar-refractivity contribution in [1.29, 1.82) is 0 Å². The number of benzene rings is 1. The van der Waals surface area contributed by atoms with Crippen molar-refractivity contribution in [1.82, 2.24) is 15.5 Å². The Labute approximate surface area is 108 Å². The van der Waals surface area contributed by atoms with Crippen LogP contribution in [0.4, 0.5) is 9.93 Å². The number of rotatable bonds is 2. The van der Waals surface area contributed by atoms with Crippen molar-refractivity contribution in [3.63, 3.8) is 0 Å². The van der Waals surface area contributed by atoms with Gasteiger partial charge < -0.3 is 5.32 Å². The summed E-state index contributed by atoms with van der Waals surface area (Å²) in [4.78, 5) is 11.8. The lowest BCUT2D eigenvalue weighted by atomic mass is 10.1. The van der Waals surface area contributed by atoms with Crippen LogP contribution in [0.25, 0.3) is 0 Å². The van der Waals surface area contributed by atoms with E-state index in [1.165, 1.54) is 22.5 Å². The Morgan fingerprint density at radius 2 is 2.28 bits per heavy atom. The number of carbonyl (C=O) groups is 1. The molecule has 1 heterocycles. The number of amides is 2. The Balaban J connectivity index is 1.66. The largest absolute Gasteiger partial charge is 0.331 e. The van der Waals surface area contributed by atoms with Crippen molar-refractivity contribution in [2.45, 2.75) is 18.9 Å². The summed E-state index contributed by atoms with van der Waals surface area (Å²) in [5.41, 5.74) is 4.11. The number of urea groups is 1. The minimum Gasteiger partial charge on any atom is -0.331 e. The fraction of sp³-hybridized carbons (Fsp3) is 0.250. The van der Waals surface area contributed by atoms with Gasteiger partial charge in [0.15, 0.2) is 0 Å². The van der Waals surface area contributed by atoms with Gasteiger partial charge in [-0.25, -0.2) is 4.79 Å². The molecule has 0 radical (unpaired) electrons. The van der Waals surface area contributed by atoms with E-state index in [0.717, 1.165) is 12.8 Å². The lowest BCUT2D eigenvalue weighted by Gasteiger charge is -2.13. The first kappa shape index (κ1) is 11.2. The van der Waals surface area contributed by atoms with Gasteiger partial charge in [0.1, 0.15) is 5.51 Å². The number of anilines is 1. The van der Waals surface area contributed by atoms with Gasteiger partial charge in [0.25, 0.3) is 0 Å². The lowest BCUT2D eigenvalue weighted by molar-refractivity contribution is 0.248. The van der Waals surface area contributed by atoms with Gasteiger partial charge in [0.05, 0.1) is 6.04 Å². The molecule has 1 aliphatic carbocycles. The van der Waals surface area contributed by atoms with Crippen LogP contribution in [0, 0.1) is 0 Å². The molecule has 0 unspecified atom stereocenters. The number of aryl methyl sites for hydroxylation is 1. The maximum Gasteiger partial charge on any atom is 0.321 e. The van der Waals surface area contributed by atoms with Crippen LogP contribution in [-0.4, -0.2) is 16.2 Å². The third-order valence-electron chi connectivity index (χ3n) is 3.02. The van der Waals surface area contributed by atoms with Crippen LogP contribution in [0.3, 0.4) is 0 Å². The Hall–Kier alpha value is -1.95. The van der Waals surface area contributed by atoms with E-state index in [9.17, 15) is 4.79 Å². The van der Waals surface area contributed by atoms with E-state index in [4.69, 9.17) is 0 Å². The van der Waals surface area contributed by atoms with Crippen molar-refractivity contribution in [3.05, 3.63) is 40.9 Å². The highest BCUT2D eigenvalue weighted by molar-refractivity contribution is 7.13. The number of hydrogen-bond donors (Lipinski definition) is 2. The highest BCUT2D eigenvalue weighted by Gasteiger charge is 2.23. The van der Waals surface area contributed by atoms with E-state index < -0.39 is 0 Å². The molecule has 0 fully saturated rings.